The van der Waals surface area contributed by atoms with Gasteiger partial charge in [-0.3, -0.25) is 0 Å². The van der Waals surface area contributed by atoms with Crippen LogP contribution in [0.5, 0.6) is 5.75 Å². The largest absolute Gasteiger partial charge is 0.479 e. The third-order valence-electron chi connectivity index (χ3n) is 2.41. The minimum atomic E-state index is -0.584. The molecular formula is C14H21NO3. The van der Waals surface area contributed by atoms with Crippen LogP contribution in [0.1, 0.15) is 26.3 Å². The van der Waals surface area contributed by atoms with Crippen molar-refractivity contribution < 1.29 is 14.3 Å². The zero-order valence-electron chi connectivity index (χ0n) is 11.2. The van der Waals surface area contributed by atoms with Crippen molar-refractivity contribution in [3.63, 3.8) is 0 Å². The van der Waals surface area contributed by atoms with Crippen LogP contribution in [0, 0.1) is 0 Å². The highest BCUT2D eigenvalue weighted by molar-refractivity contribution is 5.74. The Morgan fingerprint density at radius 1 is 1.39 bits per heavy atom. The molecule has 4 heteroatoms. The highest BCUT2D eigenvalue weighted by atomic mass is 16.6. The summed E-state index contributed by atoms with van der Waals surface area (Å²) in [5, 5.41) is 3.24. The summed E-state index contributed by atoms with van der Waals surface area (Å²) in [4.78, 5) is 11.4. The first-order valence-electron chi connectivity index (χ1n) is 6.30. The minimum absolute atomic E-state index is 0.338. The molecule has 0 bridgehead atoms. The fourth-order valence-corrected chi connectivity index (χ4v) is 1.51. The molecule has 0 saturated heterocycles. The number of hydrogen-bond acceptors (Lipinski definition) is 4. The van der Waals surface area contributed by atoms with Gasteiger partial charge in [-0.2, -0.15) is 0 Å². The molecule has 18 heavy (non-hydrogen) atoms. The molecule has 0 heterocycles. The second kappa shape index (κ2) is 7.71. The summed E-state index contributed by atoms with van der Waals surface area (Å²) in [6.45, 7) is 7.61. The maximum absolute atomic E-state index is 11.4. The van der Waals surface area contributed by atoms with E-state index in [0.717, 1.165) is 18.7 Å². The molecule has 0 aliphatic rings. The van der Waals surface area contributed by atoms with Gasteiger partial charge < -0.3 is 14.8 Å². The van der Waals surface area contributed by atoms with Crippen molar-refractivity contribution in [2.24, 2.45) is 0 Å². The van der Waals surface area contributed by atoms with E-state index in [-0.39, 0.29) is 5.97 Å². The van der Waals surface area contributed by atoms with Crippen LogP contribution >= 0.6 is 0 Å². The second-order valence-corrected chi connectivity index (χ2v) is 3.94. The summed E-state index contributed by atoms with van der Waals surface area (Å²) >= 11 is 0. The van der Waals surface area contributed by atoms with Gasteiger partial charge in [-0.1, -0.05) is 19.1 Å². The van der Waals surface area contributed by atoms with Crippen LogP contribution in [0.15, 0.2) is 24.3 Å². The SMILES string of the molecule is CCNCc1cccc(OC(C)C(=O)OCC)c1. The molecule has 0 radical (unpaired) electrons. The number of esters is 1. The lowest BCUT2D eigenvalue weighted by Crippen LogP contribution is -2.26. The summed E-state index contributed by atoms with van der Waals surface area (Å²) in [6, 6.07) is 7.70. The Hall–Kier alpha value is -1.55. The molecule has 100 valence electrons. The van der Waals surface area contributed by atoms with Gasteiger partial charge in [0, 0.05) is 6.54 Å². The van der Waals surface area contributed by atoms with Gasteiger partial charge >= 0.3 is 5.97 Å². The van der Waals surface area contributed by atoms with E-state index >= 15 is 0 Å². The van der Waals surface area contributed by atoms with Crippen molar-refractivity contribution >= 4 is 5.97 Å². The van der Waals surface area contributed by atoms with E-state index in [9.17, 15) is 4.79 Å². The summed E-state index contributed by atoms with van der Waals surface area (Å²) in [5.41, 5.74) is 1.13. The number of nitrogens with one attached hydrogen (secondary N) is 1. The molecule has 0 aliphatic carbocycles. The van der Waals surface area contributed by atoms with E-state index in [1.54, 1.807) is 13.8 Å². The van der Waals surface area contributed by atoms with Gasteiger partial charge in [-0.05, 0) is 38.1 Å². The third kappa shape index (κ3) is 4.75. The van der Waals surface area contributed by atoms with Crippen molar-refractivity contribution in [2.75, 3.05) is 13.2 Å². The molecule has 0 aromatic heterocycles. The Labute approximate surface area is 108 Å². The lowest BCUT2D eigenvalue weighted by molar-refractivity contribution is -0.150. The standard InChI is InChI=1S/C14H21NO3/c1-4-15-10-12-7-6-8-13(9-12)18-11(3)14(16)17-5-2/h6-9,11,15H,4-5,10H2,1-3H3. The molecule has 1 N–H and O–H groups in total. The average Bonchev–Trinajstić information content (AvgIpc) is 2.37. The Bertz CT molecular complexity index is 379. The Morgan fingerprint density at radius 3 is 2.83 bits per heavy atom. The second-order valence-electron chi connectivity index (χ2n) is 3.94. The Kier molecular flexibility index (Phi) is 6.22. The van der Waals surface area contributed by atoms with Crippen LogP contribution in [0.25, 0.3) is 0 Å². The zero-order chi connectivity index (χ0) is 13.4. The van der Waals surface area contributed by atoms with Crippen LogP contribution in [0.2, 0.25) is 0 Å². The van der Waals surface area contributed by atoms with Crippen LogP contribution < -0.4 is 10.1 Å². The fraction of sp³-hybridized carbons (Fsp3) is 0.500. The smallest absolute Gasteiger partial charge is 0.347 e. The molecule has 0 fully saturated rings. The zero-order valence-corrected chi connectivity index (χ0v) is 11.2. The monoisotopic (exact) mass is 251 g/mol. The number of benzene rings is 1. The lowest BCUT2D eigenvalue weighted by Gasteiger charge is -2.14. The van der Waals surface area contributed by atoms with E-state index in [2.05, 4.69) is 12.2 Å². The average molecular weight is 251 g/mol. The number of carbonyl (C=O) groups excluding carboxylic acids is 1. The van der Waals surface area contributed by atoms with E-state index < -0.39 is 6.10 Å². The van der Waals surface area contributed by atoms with Crippen molar-refractivity contribution in [1.82, 2.24) is 5.32 Å². The number of ether oxygens (including phenoxy) is 2. The number of hydrogen-bond donors (Lipinski definition) is 1. The Morgan fingerprint density at radius 2 is 2.17 bits per heavy atom. The molecule has 1 rings (SSSR count). The molecule has 1 unspecified atom stereocenters. The first-order valence-corrected chi connectivity index (χ1v) is 6.30. The third-order valence-corrected chi connectivity index (χ3v) is 2.41. The molecule has 0 spiro atoms. The minimum Gasteiger partial charge on any atom is -0.479 e. The van der Waals surface area contributed by atoms with Gasteiger partial charge in [0.15, 0.2) is 6.10 Å². The van der Waals surface area contributed by atoms with Crippen molar-refractivity contribution in [3.05, 3.63) is 29.8 Å². The molecule has 1 aromatic rings. The highest BCUT2D eigenvalue weighted by Gasteiger charge is 2.15. The van der Waals surface area contributed by atoms with Gasteiger partial charge in [0.2, 0.25) is 0 Å². The van der Waals surface area contributed by atoms with Crippen molar-refractivity contribution in [2.45, 2.75) is 33.4 Å². The topological polar surface area (TPSA) is 47.6 Å². The van der Waals surface area contributed by atoms with Crippen LogP contribution in [-0.2, 0) is 16.1 Å². The van der Waals surface area contributed by atoms with Gasteiger partial charge in [0.1, 0.15) is 5.75 Å². The summed E-state index contributed by atoms with van der Waals surface area (Å²) in [7, 11) is 0. The maximum atomic E-state index is 11.4. The summed E-state index contributed by atoms with van der Waals surface area (Å²) in [5.74, 6) is 0.348. The normalized spacial score (nSPS) is 11.9. The van der Waals surface area contributed by atoms with Gasteiger partial charge in [-0.25, -0.2) is 4.79 Å². The van der Waals surface area contributed by atoms with E-state index in [4.69, 9.17) is 9.47 Å². The van der Waals surface area contributed by atoms with Crippen LogP contribution in [0.4, 0.5) is 0 Å². The molecule has 4 nitrogen and oxygen atoms in total. The lowest BCUT2D eigenvalue weighted by atomic mass is 10.2. The van der Waals surface area contributed by atoms with E-state index in [1.165, 1.54) is 0 Å². The van der Waals surface area contributed by atoms with Crippen molar-refractivity contribution in [3.8, 4) is 5.75 Å². The van der Waals surface area contributed by atoms with Crippen LogP contribution in [0.3, 0.4) is 0 Å². The predicted octanol–water partition coefficient (Wildman–Crippen LogP) is 2.13. The molecular weight excluding hydrogens is 230 g/mol. The highest BCUT2D eigenvalue weighted by Crippen LogP contribution is 2.15. The first kappa shape index (κ1) is 14.5. The van der Waals surface area contributed by atoms with E-state index in [1.807, 2.05) is 24.3 Å². The van der Waals surface area contributed by atoms with Gasteiger partial charge in [0.25, 0.3) is 0 Å². The van der Waals surface area contributed by atoms with Crippen molar-refractivity contribution in [1.29, 1.82) is 0 Å². The number of rotatable bonds is 7. The summed E-state index contributed by atoms with van der Waals surface area (Å²) < 4.78 is 10.4. The molecule has 0 amide bonds. The van der Waals surface area contributed by atoms with E-state index in [0.29, 0.717) is 12.4 Å². The van der Waals surface area contributed by atoms with Gasteiger partial charge in [0.05, 0.1) is 6.61 Å². The predicted molar refractivity (Wildman–Crippen MR) is 70.5 cm³/mol. The van der Waals surface area contributed by atoms with Crippen LogP contribution in [-0.4, -0.2) is 25.2 Å². The maximum Gasteiger partial charge on any atom is 0.347 e. The van der Waals surface area contributed by atoms with Gasteiger partial charge in [-0.15, -0.1) is 0 Å². The Balaban J connectivity index is 2.58. The number of carbonyl (C=O) groups is 1. The first-order chi connectivity index (χ1) is 8.67. The summed E-state index contributed by atoms with van der Waals surface area (Å²) in [6.07, 6.45) is -0.584. The molecule has 1 atom stereocenters. The molecule has 0 saturated carbocycles. The quantitative estimate of drug-likeness (QED) is 0.754. The molecule has 0 aliphatic heterocycles. The fourth-order valence-electron chi connectivity index (χ4n) is 1.51. The molecule has 1 aromatic carbocycles.